The van der Waals surface area contributed by atoms with E-state index < -0.39 is 0 Å². The molecule has 1 fully saturated rings. The van der Waals surface area contributed by atoms with Gasteiger partial charge in [0.1, 0.15) is 30.2 Å². The van der Waals surface area contributed by atoms with Crippen molar-refractivity contribution in [2.45, 2.75) is 38.8 Å². The van der Waals surface area contributed by atoms with E-state index in [2.05, 4.69) is 16.2 Å². The number of pyridine rings is 1. The summed E-state index contributed by atoms with van der Waals surface area (Å²) in [5.74, 6) is 1.67. The zero-order valence-corrected chi connectivity index (χ0v) is 22.0. The lowest BCUT2D eigenvalue weighted by atomic mass is 10.0. The predicted molar refractivity (Wildman–Crippen MR) is 146 cm³/mol. The highest BCUT2D eigenvalue weighted by Crippen LogP contribution is 2.39. The number of carbonyl (C=O) groups is 1. The molecule has 39 heavy (non-hydrogen) atoms. The average molecular weight is 526 g/mol. The minimum Gasteiger partial charge on any atom is -0.487 e. The molecule has 1 amide bonds. The van der Waals surface area contributed by atoms with Gasteiger partial charge < -0.3 is 23.6 Å². The Morgan fingerprint density at radius 3 is 2.72 bits per heavy atom. The summed E-state index contributed by atoms with van der Waals surface area (Å²) in [6.45, 7) is 4.11. The molecule has 1 saturated heterocycles. The second-order valence-corrected chi connectivity index (χ2v) is 9.91. The molecule has 0 spiro atoms. The zero-order valence-electron chi connectivity index (χ0n) is 22.0. The number of rotatable bonds is 6. The van der Waals surface area contributed by atoms with Gasteiger partial charge in [0.2, 0.25) is 0 Å². The number of aryl methyl sites for hydroxylation is 1. The van der Waals surface area contributed by atoms with Crippen molar-refractivity contribution in [1.82, 2.24) is 15.0 Å². The van der Waals surface area contributed by atoms with Crippen molar-refractivity contribution in [1.29, 1.82) is 0 Å². The van der Waals surface area contributed by atoms with Gasteiger partial charge in [-0.3, -0.25) is 9.78 Å². The van der Waals surface area contributed by atoms with E-state index in [1.54, 1.807) is 18.0 Å². The molecule has 0 radical (unpaired) electrons. The summed E-state index contributed by atoms with van der Waals surface area (Å²) in [7, 11) is 0. The molecule has 1 unspecified atom stereocenters. The van der Waals surface area contributed by atoms with Crippen LogP contribution in [0.2, 0.25) is 0 Å². The van der Waals surface area contributed by atoms with Gasteiger partial charge >= 0.3 is 0 Å². The summed E-state index contributed by atoms with van der Waals surface area (Å²) in [6, 6.07) is 17.6. The largest absolute Gasteiger partial charge is 0.487 e. The van der Waals surface area contributed by atoms with Crippen LogP contribution in [-0.4, -0.2) is 53.4 Å². The molecule has 1 atom stereocenters. The highest BCUT2D eigenvalue weighted by atomic mass is 16.5. The van der Waals surface area contributed by atoms with Gasteiger partial charge in [-0.15, -0.1) is 0 Å². The number of fused-ring (bicyclic) bond motifs is 1. The maximum absolute atomic E-state index is 13.9. The average Bonchev–Trinajstić information content (AvgIpc) is 3.24. The molecule has 2 aliphatic rings. The number of amides is 1. The number of ether oxygens (including phenoxy) is 3. The topological polar surface area (TPSA) is 86.9 Å². The summed E-state index contributed by atoms with van der Waals surface area (Å²) >= 11 is 0. The Labute approximate surface area is 227 Å². The van der Waals surface area contributed by atoms with Crippen LogP contribution in [0.15, 0.2) is 71.5 Å². The van der Waals surface area contributed by atoms with Crippen LogP contribution in [0.4, 0.5) is 0 Å². The first kappa shape index (κ1) is 25.1. The molecule has 8 nitrogen and oxygen atoms in total. The molecule has 0 aliphatic carbocycles. The second kappa shape index (κ2) is 11.3. The third-order valence-corrected chi connectivity index (χ3v) is 7.21. The maximum Gasteiger partial charge on any atom is 0.260 e. The van der Waals surface area contributed by atoms with Crippen molar-refractivity contribution in [2.75, 3.05) is 26.4 Å². The predicted octanol–water partition coefficient (Wildman–Crippen LogP) is 5.69. The molecule has 200 valence electrons. The van der Waals surface area contributed by atoms with E-state index >= 15 is 0 Å². The van der Waals surface area contributed by atoms with Gasteiger partial charge in [0.15, 0.2) is 11.5 Å². The van der Waals surface area contributed by atoms with Crippen LogP contribution in [0.25, 0.3) is 22.4 Å². The van der Waals surface area contributed by atoms with Crippen LogP contribution in [0, 0.1) is 6.92 Å². The fourth-order valence-corrected chi connectivity index (χ4v) is 5.16. The van der Waals surface area contributed by atoms with Gasteiger partial charge in [0.05, 0.1) is 12.6 Å². The van der Waals surface area contributed by atoms with E-state index in [0.717, 1.165) is 48.1 Å². The lowest BCUT2D eigenvalue weighted by molar-refractivity contribution is -0.0115. The maximum atomic E-state index is 13.9. The summed E-state index contributed by atoms with van der Waals surface area (Å²) < 4.78 is 23.9. The van der Waals surface area contributed by atoms with Gasteiger partial charge in [-0.25, -0.2) is 0 Å². The SMILES string of the molecule is Cc1onc(-c2ccccc2)c1C(=O)N1CCOc2c(cc(-c3cccnc3)cc2OCC2CCCCO2)C1. The number of benzene rings is 2. The Hall–Kier alpha value is -4.17. The number of aromatic nitrogens is 2. The van der Waals surface area contributed by atoms with Crippen LogP contribution < -0.4 is 9.47 Å². The highest BCUT2D eigenvalue weighted by molar-refractivity contribution is 6.00. The Kier molecular flexibility index (Phi) is 7.27. The molecule has 4 aromatic rings. The fourth-order valence-electron chi connectivity index (χ4n) is 5.16. The number of carbonyl (C=O) groups excluding carboxylic acids is 1. The monoisotopic (exact) mass is 525 g/mol. The minimum atomic E-state index is -0.145. The first-order valence-corrected chi connectivity index (χ1v) is 13.4. The molecule has 2 aliphatic heterocycles. The van der Waals surface area contributed by atoms with E-state index in [0.29, 0.717) is 54.8 Å². The van der Waals surface area contributed by atoms with Gasteiger partial charge in [0, 0.05) is 42.2 Å². The third kappa shape index (κ3) is 5.38. The van der Waals surface area contributed by atoms with Gasteiger partial charge in [0.25, 0.3) is 5.91 Å². The van der Waals surface area contributed by atoms with Gasteiger partial charge in [-0.1, -0.05) is 41.6 Å². The summed E-state index contributed by atoms with van der Waals surface area (Å²) in [4.78, 5) is 20.0. The summed E-state index contributed by atoms with van der Waals surface area (Å²) in [6.07, 6.45) is 6.85. The second-order valence-electron chi connectivity index (χ2n) is 9.91. The minimum absolute atomic E-state index is 0.0632. The highest BCUT2D eigenvalue weighted by Gasteiger charge is 2.30. The van der Waals surface area contributed by atoms with Crippen LogP contribution in [-0.2, 0) is 11.3 Å². The van der Waals surface area contributed by atoms with Gasteiger partial charge in [-0.2, -0.15) is 0 Å². The molecule has 2 aromatic heterocycles. The van der Waals surface area contributed by atoms with Crippen molar-refractivity contribution < 1.29 is 23.5 Å². The van der Waals surface area contributed by atoms with Crippen molar-refractivity contribution >= 4 is 5.91 Å². The smallest absolute Gasteiger partial charge is 0.260 e. The lowest BCUT2D eigenvalue weighted by Gasteiger charge is -2.24. The molecule has 0 bridgehead atoms. The molecule has 0 N–H and O–H groups in total. The summed E-state index contributed by atoms with van der Waals surface area (Å²) in [5.41, 5.74) is 4.64. The van der Waals surface area contributed by atoms with Crippen molar-refractivity contribution in [3.05, 3.63) is 83.9 Å². The van der Waals surface area contributed by atoms with Crippen molar-refractivity contribution in [2.24, 2.45) is 0 Å². The van der Waals surface area contributed by atoms with Crippen LogP contribution in [0.5, 0.6) is 11.5 Å². The molecular formula is C31H31N3O5. The van der Waals surface area contributed by atoms with E-state index in [9.17, 15) is 4.79 Å². The molecule has 6 rings (SSSR count). The van der Waals surface area contributed by atoms with Crippen LogP contribution in [0.1, 0.15) is 40.9 Å². The molecule has 4 heterocycles. The zero-order chi connectivity index (χ0) is 26.6. The lowest BCUT2D eigenvalue weighted by Crippen LogP contribution is -2.33. The molecular weight excluding hydrogens is 494 g/mol. The fraction of sp³-hybridized carbons (Fsp3) is 0.323. The van der Waals surface area contributed by atoms with Crippen LogP contribution >= 0.6 is 0 Å². The normalized spacial score (nSPS) is 17.2. The molecule has 2 aromatic carbocycles. The first-order chi connectivity index (χ1) is 19.2. The molecule has 0 saturated carbocycles. The quantitative estimate of drug-likeness (QED) is 0.319. The standard InChI is InChI=1S/C31H31N3O5/c1-21-28(29(33-39-21)22-8-3-2-4-9-22)31(35)34-13-15-37-30-25(19-34)16-24(23-10-7-12-32-18-23)17-27(30)38-20-26-11-5-6-14-36-26/h2-4,7-10,12,16-18,26H,5-6,11,13-15,19-20H2,1H3. The number of nitrogens with zero attached hydrogens (tertiary/aromatic N) is 3. The summed E-state index contributed by atoms with van der Waals surface area (Å²) in [5, 5.41) is 4.21. The van der Waals surface area contributed by atoms with Crippen LogP contribution in [0.3, 0.4) is 0 Å². The Balaban J connectivity index is 1.33. The Morgan fingerprint density at radius 1 is 1.05 bits per heavy atom. The first-order valence-electron chi connectivity index (χ1n) is 13.4. The van der Waals surface area contributed by atoms with E-state index in [1.165, 1.54) is 0 Å². The number of hydrogen-bond acceptors (Lipinski definition) is 7. The van der Waals surface area contributed by atoms with E-state index in [4.69, 9.17) is 18.7 Å². The van der Waals surface area contributed by atoms with Crippen molar-refractivity contribution in [3.8, 4) is 33.9 Å². The third-order valence-electron chi connectivity index (χ3n) is 7.21. The van der Waals surface area contributed by atoms with Crippen molar-refractivity contribution in [3.63, 3.8) is 0 Å². The van der Waals surface area contributed by atoms with E-state index in [1.807, 2.05) is 54.7 Å². The van der Waals surface area contributed by atoms with Gasteiger partial charge in [-0.05, 0) is 49.9 Å². The Bertz CT molecular complexity index is 1430. The number of hydrogen-bond donors (Lipinski definition) is 0. The molecule has 8 heteroatoms. The Morgan fingerprint density at radius 2 is 1.92 bits per heavy atom. The van der Waals surface area contributed by atoms with E-state index in [-0.39, 0.29) is 12.0 Å².